The standard InChI is InChI=1S/C42H72N6O8/c1-15-28(6)37(46(10)41(52)35(26(2)3)44-40(51)36(27(4)5)47(11)45(8)9)33(54-12)25-34(49)48-23-19-22-32(48)38(55-13)29(7)39(50)43-31(42(53)56-14)24-30-20-17-16-18-21-30/h16-18,20-21,26-29,31-33,35-38H,15,19,22-25H2,1-14H3,(H,43,50)(H,44,51)/t28?,29?,31?,32?,33?,35-,36?,37?,38?/m0/s1. The molecule has 8 unspecified atom stereocenters. The summed E-state index contributed by atoms with van der Waals surface area (Å²) in [6, 6.07) is 6.33. The summed E-state index contributed by atoms with van der Waals surface area (Å²) in [7, 11) is 11.7. The largest absolute Gasteiger partial charge is 0.467 e. The molecule has 14 nitrogen and oxygen atoms in total. The number of carbonyl (C=O) groups is 5. The van der Waals surface area contributed by atoms with Gasteiger partial charge in [-0.05, 0) is 36.2 Å². The third-order valence-electron chi connectivity index (χ3n) is 11.5. The highest BCUT2D eigenvalue weighted by Crippen LogP contribution is 2.30. The number of carbonyl (C=O) groups excluding carboxylic acids is 5. The van der Waals surface area contributed by atoms with Crippen molar-refractivity contribution in [2.45, 2.75) is 123 Å². The summed E-state index contributed by atoms with van der Waals surface area (Å²) in [5.41, 5.74) is 0.875. The summed E-state index contributed by atoms with van der Waals surface area (Å²) >= 11 is 0. The number of nitrogens with zero attached hydrogens (tertiary/aromatic N) is 4. The van der Waals surface area contributed by atoms with Gasteiger partial charge in [-0.15, -0.1) is 0 Å². The predicted molar refractivity (Wildman–Crippen MR) is 217 cm³/mol. The van der Waals surface area contributed by atoms with Crippen LogP contribution in [0.1, 0.15) is 79.7 Å². The molecule has 318 valence electrons. The monoisotopic (exact) mass is 789 g/mol. The van der Waals surface area contributed by atoms with Gasteiger partial charge in [0.05, 0.1) is 43.7 Å². The van der Waals surface area contributed by atoms with Crippen molar-refractivity contribution in [3.8, 4) is 0 Å². The van der Waals surface area contributed by atoms with Crippen LogP contribution in [0.3, 0.4) is 0 Å². The highest BCUT2D eigenvalue weighted by atomic mass is 16.5. The zero-order valence-corrected chi connectivity index (χ0v) is 36.5. The van der Waals surface area contributed by atoms with E-state index in [4.69, 9.17) is 14.2 Å². The Bertz CT molecular complexity index is 1410. The third-order valence-corrected chi connectivity index (χ3v) is 11.5. The molecule has 56 heavy (non-hydrogen) atoms. The van der Waals surface area contributed by atoms with E-state index >= 15 is 0 Å². The number of hydrogen-bond donors (Lipinski definition) is 2. The van der Waals surface area contributed by atoms with E-state index in [0.717, 1.165) is 18.4 Å². The fourth-order valence-corrected chi connectivity index (χ4v) is 7.92. The van der Waals surface area contributed by atoms with Crippen molar-refractivity contribution in [3.05, 3.63) is 35.9 Å². The first-order valence-corrected chi connectivity index (χ1v) is 20.1. The average Bonchev–Trinajstić information content (AvgIpc) is 3.65. The van der Waals surface area contributed by atoms with Gasteiger partial charge < -0.3 is 34.6 Å². The Morgan fingerprint density at radius 1 is 0.857 bits per heavy atom. The van der Waals surface area contributed by atoms with Gasteiger partial charge in [0.1, 0.15) is 18.1 Å². The van der Waals surface area contributed by atoms with E-state index in [1.165, 1.54) is 14.2 Å². The molecule has 2 N–H and O–H groups in total. The van der Waals surface area contributed by atoms with Crippen LogP contribution in [0.2, 0.25) is 0 Å². The van der Waals surface area contributed by atoms with Gasteiger partial charge in [-0.2, -0.15) is 0 Å². The summed E-state index contributed by atoms with van der Waals surface area (Å²) in [6.45, 7) is 14.1. The topological polar surface area (TPSA) is 150 Å². The van der Waals surface area contributed by atoms with Crippen LogP contribution in [0.15, 0.2) is 30.3 Å². The van der Waals surface area contributed by atoms with Crippen LogP contribution in [0.4, 0.5) is 0 Å². The first-order valence-electron chi connectivity index (χ1n) is 20.1. The fourth-order valence-electron chi connectivity index (χ4n) is 7.92. The number of esters is 1. The van der Waals surface area contributed by atoms with Crippen LogP contribution in [-0.2, 0) is 44.6 Å². The molecule has 9 atom stereocenters. The van der Waals surface area contributed by atoms with Crippen molar-refractivity contribution in [2.75, 3.05) is 56.1 Å². The Balaban J connectivity index is 2.30. The van der Waals surface area contributed by atoms with E-state index in [9.17, 15) is 24.0 Å². The second kappa shape index (κ2) is 23.0. The number of nitrogens with one attached hydrogen (secondary N) is 2. The Morgan fingerprint density at radius 2 is 1.48 bits per heavy atom. The van der Waals surface area contributed by atoms with Crippen LogP contribution in [0, 0.1) is 23.7 Å². The molecule has 0 aliphatic carbocycles. The molecular weight excluding hydrogens is 716 g/mol. The maximum Gasteiger partial charge on any atom is 0.328 e. The van der Waals surface area contributed by atoms with Gasteiger partial charge in [-0.25, -0.2) is 14.8 Å². The van der Waals surface area contributed by atoms with E-state index in [2.05, 4.69) is 10.6 Å². The Hall–Kier alpha value is -3.59. The van der Waals surface area contributed by atoms with Gasteiger partial charge in [0.15, 0.2) is 0 Å². The van der Waals surface area contributed by atoms with Crippen LogP contribution in [0.25, 0.3) is 0 Å². The predicted octanol–water partition coefficient (Wildman–Crippen LogP) is 3.38. The van der Waals surface area contributed by atoms with Crippen molar-refractivity contribution >= 4 is 29.6 Å². The van der Waals surface area contributed by atoms with Crippen molar-refractivity contribution in [1.82, 2.24) is 30.5 Å². The van der Waals surface area contributed by atoms with Crippen molar-refractivity contribution in [1.29, 1.82) is 0 Å². The minimum Gasteiger partial charge on any atom is -0.467 e. The van der Waals surface area contributed by atoms with Gasteiger partial charge in [0.2, 0.25) is 23.6 Å². The number of benzene rings is 1. The second-order valence-corrected chi connectivity index (χ2v) is 16.2. The minimum absolute atomic E-state index is 0.000113. The molecule has 0 aromatic heterocycles. The Morgan fingerprint density at radius 3 is 1.98 bits per heavy atom. The first kappa shape index (κ1) is 48.6. The van der Waals surface area contributed by atoms with Crippen molar-refractivity contribution in [2.24, 2.45) is 23.7 Å². The number of methoxy groups -OCH3 is 3. The van der Waals surface area contributed by atoms with Crippen LogP contribution >= 0.6 is 0 Å². The lowest BCUT2D eigenvalue weighted by molar-refractivity contribution is -0.149. The maximum absolute atomic E-state index is 14.4. The molecule has 1 fully saturated rings. The zero-order valence-electron chi connectivity index (χ0n) is 36.5. The molecule has 2 rings (SSSR count). The first-order chi connectivity index (χ1) is 26.4. The van der Waals surface area contributed by atoms with Gasteiger partial charge in [-0.3, -0.25) is 19.2 Å². The number of hydrogen-bond acceptors (Lipinski definition) is 10. The van der Waals surface area contributed by atoms with E-state index in [1.807, 2.05) is 103 Å². The summed E-state index contributed by atoms with van der Waals surface area (Å²) in [4.78, 5) is 72.1. The zero-order chi connectivity index (χ0) is 42.4. The summed E-state index contributed by atoms with van der Waals surface area (Å²) in [6.07, 6.45) is 1.04. The van der Waals surface area contributed by atoms with E-state index in [0.29, 0.717) is 13.0 Å². The number of rotatable bonds is 22. The lowest BCUT2D eigenvalue weighted by Crippen LogP contribution is -2.60. The molecule has 14 heteroatoms. The molecule has 1 saturated heterocycles. The van der Waals surface area contributed by atoms with E-state index in [-0.39, 0.29) is 54.2 Å². The molecule has 0 bridgehead atoms. The second-order valence-electron chi connectivity index (χ2n) is 16.2. The lowest BCUT2D eigenvalue weighted by atomic mass is 9.89. The molecule has 0 saturated carbocycles. The number of likely N-dealkylation sites (tertiary alicyclic amines) is 1. The van der Waals surface area contributed by atoms with Crippen LogP contribution in [-0.4, -0.2) is 148 Å². The highest BCUT2D eigenvalue weighted by molar-refractivity contribution is 5.90. The van der Waals surface area contributed by atoms with Crippen molar-refractivity contribution < 1.29 is 38.2 Å². The average molecular weight is 789 g/mol. The highest BCUT2D eigenvalue weighted by Gasteiger charge is 2.43. The maximum atomic E-state index is 14.4. The molecule has 1 aliphatic rings. The quantitative estimate of drug-likeness (QED) is 0.132. The molecular formula is C42H72N6O8. The minimum atomic E-state index is -0.893. The molecule has 0 radical (unpaired) electrons. The molecule has 1 aromatic rings. The molecule has 4 amide bonds. The van der Waals surface area contributed by atoms with Crippen LogP contribution < -0.4 is 10.6 Å². The normalized spacial score (nSPS) is 18.9. The number of amides is 4. The summed E-state index contributed by atoms with van der Waals surface area (Å²) in [5, 5.41) is 9.63. The number of hydrazine groups is 1. The van der Waals surface area contributed by atoms with Crippen LogP contribution in [0.5, 0.6) is 0 Å². The Labute approximate surface area is 336 Å². The molecule has 1 aromatic carbocycles. The summed E-state index contributed by atoms with van der Waals surface area (Å²) in [5.74, 6) is -2.55. The smallest absolute Gasteiger partial charge is 0.328 e. The number of likely N-dealkylation sites (N-methyl/N-ethyl adjacent to an activating group) is 2. The van der Waals surface area contributed by atoms with Gasteiger partial charge in [-0.1, -0.05) is 85.2 Å². The van der Waals surface area contributed by atoms with Gasteiger partial charge in [0.25, 0.3) is 0 Å². The summed E-state index contributed by atoms with van der Waals surface area (Å²) < 4.78 is 17.0. The van der Waals surface area contributed by atoms with E-state index < -0.39 is 54.3 Å². The third kappa shape index (κ3) is 12.7. The molecule has 1 heterocycles. The van der Waals surface area contributed by atoms with Crippen molar-refractivity contribution in [3.63, 3.8) is 0 Å². The van der Waals surface area contributed by atoms with E-state index in [1.54, 1.807) is 30.9 Å². The lowest BCUT2D eigenvalue weighted by Gasteiger charge is -2.41. The number of ether oxygens (including phenoxy) is 3. The SMILES string of the molecule is CCC(C)C(C(CC(=O)N1CCCC1C(OC)C(C)C(=O)NC(Cc1ccccc1)C(=O)OC)OC)N(C)C(=O)[C@@H](NC(=O)C(C(C)C)N(C)N(C)C)C(C)C. The Kier molecular flexibility index (Phi) is 19.9. The molecule has 0 spiro atoms. The molecule has 1 aliphatic heterocycles. The van der Waals surface area contributed by atoms with Gasteiger partial charge in [0, 0.05) is 55.4 Å². The fraction of sp³-hybridized carbons (Fsp3) is 0.738. The van der Waals surface area contributed by atoms with Gasteiger partial charge >= 0.3 is 5.97 Å².